The van der Waals surface area contributed by atoms with Gasteiger partial charge in [0.25, 0.3) is 0 Å². The van der Waals surface area contributed by atoms with Gasteiger partial charge in [0.05, 0.1) is 0 Å². The van der Waals surface area contributed by atoms with Crippen LogP contribution in [-0.2, 0) is 0 Å². The number of nitrogens with two attached hydrogens (primary N) is 1. The molecule has 0 spiro atoms. The quantitative estimate of drug-likeness (QED) is 0.609. The molecule has 2 N–H and O–H groups in total. The number of rotatable bonds is 2. The van der Waals surface area contributed by atoms with Crippen molar-refractivity contribution in [3.63, 3.8) is 0 Å². The molecular formula is C10H21N. The van der Waals surface area contributed by atoms with Gasteiger partial charge in [0.1, 0.15) is 0 Å². The van der Waals surface area contributed by atoms with E-state index >= 15 is 0 Å². The first-order chi connectivity index (χ1) is 5.34. The average molecular weight is 155 g/mol. The van der Waals surface area contributed by atoms with Gasteiger partial charge in [0.2, 0.25) is 0 Å². The van der Waals surface area contributed by atoms with Crippen molar-refractivity contribution < 1.29 is 0 Å². The molecule has 0 radical (unpaired) electrons. The van der Waals surface area contributed by atoms with Crippen molar-refractivity contribution in [3.8, 4) is 0 Å². The van der Waals surface area contributed by atoms with Crippen LogP contribution in [0.25, 0.3) is 0 Å². The van der Waals surface area contributed by atoms with Crippen LogP contribution in [0.2, 0.25) is 0 Å². The first-order valence-electron chi connectivity index (χ1n) is 5.04. The minimum atomic E-state index is 0.884. The molecule has 0 aromatic carbocycles. The summed E-state index contributed by atoms with van der Waals surface area (Å²) in [6.07, 6.45) is 8.45. The van der Waals surface area contributed by atoms with E-state index in [1.165, 1.54) is 38.5 Å². The van der Waals surface area contributed by atoms with E-state index in [4.69, 9.17) is 5.73 Å². The van der Waals surface area contributed by atoms with E-state index in [1.54, 1.807) is 0 Å². The van der Waals surface area contributed by atoms with Crippen molar-refractivity contribution in [2.45, 2.75) is 45.4 Å². The highest BCUT2D eigenvalue weighted by atomic mass is 14.5. The maximum Gasteiger partial charge on any atom is -0.00745 e. The van der Waals surface area contributed by atoms with Crippen LogP contribution in [0.5, 0.6) is 0 Å². The number of hydrogen-bond acceptors (Lipinski definition) is 1. The van der Waals surface area contributed by atoms with Crippen molar-refractivity contribution >= 4 is 0 Å². The summed E-state index contributed by atoms with van der Waals surface area (Å²) in [6, 6.07) is 0. The van der Waals surface area contributed by atoms with E-state index in [2.05, 4.69) is 6.92 Å². The van der Waals surface area contributed by atoms with Crippen LogP contribution in [0.4, 0.5) is 0 Å². The van der Waals surface area contributed by atoms with Crippen LogP contribution in [0.3, 0.4) is 0 Å². The third-order valence-electron chi connectivity index (χ3n) is 3.08. The Hall–Kier alpha value is -0.0400. The molecule has 66 valence electrons. The van der Waals surface area contributed by atoms with Crippen LogP contribution < -0.4 is 5.73 Å². The Kier molecular flexibility index (Phi) is 3.92. The zero-order chi connectivity index (χ0) is 8.10. The highest BCUT2D eigenvalue weighted by Crippen LogP contribution is 2.29. The SMILES string of the molecule is CC1CCCCCC1CCN. The normalized spacial score (nSPS) is 33.3. The third-order valence-corrected chi connectivity index (χ3v) is 3.08. The lowest BCUT2D eigenvalue weighted by atomic mass is 9.87. The standard InChI is InChI=1S/C10H21N/c1-9-5-3-2-4-6-10(9)7-8-11/h9-10H,2-8,11H2,1H3. The maximum absolute atomic E-state index is 5.57. The van der Waals surface area contributed by atoms with Gasteiger partial charge in [-0.15, -0.1) is 0 Å². The Labute approximate surface area is 70.4 Å². The molecule has 0 aromatic heterocycles. The summed E-state index contributed by atoms with van der Waals surface area (Å²) in [7, 11) is 0. The van der Waals surface area contributed by atoms with E-state index < -0.39 is 0 Å². The van der Waals surface area contributed by atoms with Gasteiger partial charge in [-0.25, -0.2) is 0 Å². The van der Waals surface area contributed by atoms with Gasteiger partial charge in [-0.3, -0.25) is 0 Å². The minimum Gasteiger partial charge on any atom is -0.330 e. The molecule has 1 saturated carbocycles. The van der Waals surface area contributed by atoms with Crippen molar-refractivity contribution in [1.29, 1.82) is 0 Å². The zero-order valence-electron chi connectivity index (χ0n) is 7.68. The van der Waals surface area contributed by atoms with Crippen LogP contribution >= 0.6 is 0 Å². The lowest BCUT2D eigenvalue weighted by Gasteiger charge is -2.19. The summed E-state index contributed by atoms with van der Waals surface area (Å²) in [4.78, 5) is 0. The largest absolute Gasteiger partial charge is 0.330 e. The number of hydrogen-bond donors (Lipinski definition) is 1. The Balaban J connectivity index is 2.32. The summed E-state index contributed by atoms with van der Waals surface area (Å²) in [5.41, 5.74) is 5.57. The van der Waals surface area contributed by atoms with Crippen LogP contribution in [-0.4, -0.2) is 6.54 Å². The van der Waals surface area contributed by atoms with Gasteiger partial charge in [-0.05, 0) is 24.8 Å². The summed E-state index contributed by atoms with van der Waals surface area (Å²) >= 11 is 0. The van der Waals surface area contributed by atoms with Crippen molar-refractivity contribution in [2.24, 2.45) is 17.6 Å². The first kappa shape index (κ1) is 9.05. The zero-order valence-corrected chi connectivity index (χ0v) is 7.68. The molecule has 11 heavy (non-hydrogen) atoms. The van der Waals surface area contributed by atoms with E-state index in [0.717, 1.165) is 18.4 Å². The average Bonchev–Trinajstić information content (AvgIpc) is 2.18. The highest BCUT2D eigenvalue weighted by molar-refractivity contribution is 4.70. The van der Waals surface area contributed by atoms with Crippen LogP contribution in [0.1, 0.15) is 45.4 Å². The Morgan fingerprint density at radius 3 is 2.64 bits per heavy atom. The summed E-state index contributed by atoms with van der Waals surface area (Å²) in [6.45, 7) is 3.28. The summed E-state index contributed by atoms with van der Waals surface area (Å²) in [5, 5.41) is 0. The van der Waals surface area contributed by atoms with Gasteiger partial charge in [0.15, 0.2) is 0 Å². The second-order valence-electron chi connectivity index (χ2n) is 3.95. The van der Waals surface area contributed by atoms with Crippen LogP contribution in [0.15, 0.2) is 0 Å². The molecule has 1 heteroatoms. The molecule has 1 fully saturated rings. The van der Waals surface area contributed by atoms with Gasteiger partial charge in [0, 0.05) is 0 Å². The molecular weight excluding hydrogens is 134 g/mol. The lowest BCUT2D eigenvalue weighted by molar-refractivity contribution is 0.321. The van der Waals surface area contributed by atoms with Gasteiger partial charge in [-0.1, -0.05) is 39.0 Å². The molecule has 2 atom stereocenters. The Morgan fingerprint density at radius 2 is 1.91 bits per heavy atom. The maximum atomic E-state index is 5.57. The van der Waals surface area contributed by atoms with Crippen molar-refractivity contribution in [2.75, 3.05) is 6.54 Å². The second kappa shape index (κ2) is 4.76. The van der Waals surface area contributed by atoms with E-state index in [-0.39, 0.29) is 0 Å². The van der Waals surface area contributed by atoms with Crippen molar-refractivity contribution in [3.05, 3.63) is 0 Å². The Bertz CT molecular complexity index is 101. The first-order valence-corrected chi connectivity index (χ1v) is 5.04. The summed E-state index contributed by atoms with van der Waals surface area (Å²) < 4.78 is 0. The fourth-order valence-electron chi connectivity index (χ4n) is 2.21. The molecule has 1 nitrogen and oxygen atoms in total. The molecule has 2 unspecified atom stereocenters. The predicted molar refractivity (Wildman–Crippen MR) is 49.4 cm³/mol. The molecule has 0 aliphatic heterocycles. The fraction of sp³-hybridized carbons (Fsp3) is 1.00. The predicted octanol–water partition coefficient (Wildman–Crippen LogP) is 2.55. The second-order valence-corrected chi connectivity index (χ2v) is 3.95. The molecule has 1 rings (SSSR count). The van der Waals surface area contributed by atoms with Crippen LogP contribution in [0, 0.1) is 11.8 Å². The fourth-order valence-corrected chi connectivity index (χ4v) is 2.21. The van der Waals surface area contributed by atoms with E-state index in [9.17, 15) is 0 Å². The molecule has 0 amide bonds. The van der Waals surface area contributed by atoms with Gasteiger partial charge >= 0.3 is 0 Å². The molecule has 0 aromatic rings. The molecule has 0 heterocycles. The lowest BCUT2D eigenvalue weighted by Crippen LogP contribution is -2.14. The summed E-state index contributed by atoms with van der Waals surface area (Å²) in [5.74, 6) is 1.86. The molecule has 1 aliphatic rings. The van der Waals surface area contributed by atoms with Gasteiger partial charge < -0.3 is 5.73 Å². The van der Waals surface area contributed by atoms with E-state index in [0.29, 0.717) is 0 Å². The molecule has 0 saturated heterocycles. The molecule has 1 aliphatic carbocycles. The highest BCUT2D eigenvalue weighted by Gasteiger charge is 2.18. The smallest absolute Gasteiger partial charge is 0.00745 e. The Morgan fingerprint density at radius 1 is 1.18 bits per heavy atom. The van der Waals surface area contributed by atoms with Crippen molar-refractivity contribution in [1.82, 2.24) is 0 Å². The minimum absolute atomic E-state index is 0.884. The molecule has 0 bridgehead atoms. The van der Waals surface area contributed by atoms with Gasteiger partial charge in [-0.2, -0.15) is 0 Å². The third kappa shape index (κ3) is 2.82. The van der Waals surface area contributed by atoms with E-state index in [1.807, 2.05) is 0 Å². The monoisotopic (exact) mass is 155 g/mol. The topological polar surface area (TPSA) is 26.0 Å².